The van der Waals surface area contributed by atoms with E-state index in [-0.39, 0.29) is 12.2 Å². The van der Waals surface area contributed by atoms with E-state index >= 15 is 0 Å². The number of pyridine rings is 1. The Morgan fingerprint density at radius 3 is 2.44 bits per heavy atom. The van der Waals surface area contributed by atoms with Crippen LogP contribution in [0.2, 0.25) is 0 Å². The number of aromatic nitrogens is 1. The number of hydrogen-bond donors (Lipinski definition) is 1. The zero-order valence-corrected chi connectivity index (χ0v) is 19.2. The Morgan fingerprint density at radius 2 is 1.71 bits per heavy atom. The van der Waals surface area contributed by atoms with E-state index in [9.17, 15) is 4.79 Å². The van der Waals surface area contributed by atoms with Crippen molar-refractivity contribution in [3.8, 4) is 11.1 Å². The van der Waals surface area contributed by atoms with E-state index in [1.165, 1.54) is 0 Å². The Balaban J connectivity index is 1.13. The Morgan fingerprint density at radius 1 is 0.941 bits per heavy atom. The van der Waals surface area contributed by atoms with E-state index < -0.39 is 0 Å². The van der Waals surface area contributed by atoms with E-state index in [0.29, 0.717) is 13.1 Å². The van der Waals surface area contributed by atoms with Crippen molar-refractivity contribution in [2.75, 3.05) is 51.3 Å². The highest BCUT2D eigenvalue weighted by Gasteiger charge is 2.32. The molecule has 1 N–H and O–H groups in total. The molecule has 34 heavy (non-hydrogen) atoms. The van der Waals surface area contributed by atoms with Gasteiger partial charge >= 0.3 is 6.09 Å². The number of rotatable bonds is 8. The Hall–Kier alpha value is -3.42. The number of amides is 1. The second kappa shape index (κ2) is 10.7. The third-order valence-electron chi connectivity index (χ3n) is 6.32. The number of hydrogen-bond acceptors (Lipinski definition) is 6. The van der Waals surface area contributed by atoms with Gasteiger partial charge in [0.25, 0.3) is 0 Å². The summed E-state index contributed by atoms with van der Waals surface area (Å²) in [6.07, 6.45) is 1.42. The number of nitrogens with one attached hydrogen (secondary N) is 1. The molecule has 1 atom stereocenters. The van der Waals surface area contributed by atoms with E-state index in [1.807, 2.05) is 42.6 Å². The van der Waals surface area contributed by atoms with Crippen molar-refractivity contribution in [2.45, 2.75) is 12.6 Å². The second-order valence-electron chi connectivity index (χ2n) is 8.67. The molecule has 0 spiro atoms. The SMILES string of the molecule is O=C1OC(c2ccccc2)CN1Cc1ccc(-c2ccc(NCCN3CCOCC3)nc2)cc1. The third-order valence-corrected chi connectivity index (χ3v) is 6.32. The number of cyclic esters (lactones) is 1. The van der Waals surface area contributed by atoms with Gasteiger partial charge in [-0.2, -0.15) is 0 Å². The smallest absolute Gasteiger partial charge is 0.410 e. The number of anilines is 1. The molecule has 1 amide bonds. The van der Waals surface area contributed by atoms with Crippen LogP contribution in [0.3, 0.4) is 0 Å². The summed E-state index contributed by atoms with van der Waals surface area (Å²) in [4.78, 5) is 21.1. The first-order chi connectivity index (χ1) is 16.7. The minimum absolute atomic E-state index is 0.208. The maximum absolute atomic E-state index is 12.3. The monoisotopic (exact) mass is 458 g/mol. The predicted octanol–water partition coefficient (Wildman–Crippen LogP) is 4.19. The number of carbonyl (C=O) groups is 1. The van der Waals surface area contributed by atoms with E-state index in [0.717, 1.165) is 67.5 Å². The average Bonchev–Trinajstić information content (AvgIpc) is 3.26. The van der Waals surface area contributed by atoms with Crippen LogP contribution in [0.1, 0.15) is 17.2 Å². The number of benzene rings is 2. The highest BCUT2D eigenvalue weighted by Crippen LogP contribution is 2.28. The van der Waals surface area contributed by atoms with Gasteiger partial charge in [-0.25, -0.2) is 9.78 Å². The van der Waals surface area contributed by atoms with Crippen LogP contribution in [-0.2, 0) is 16.0 Å². The topological polar surface area (TPSA) is 66.9 Å². The lowest BCUT2D eigenvalue weighted by atomic mass is 10.1. The van der Waals surface area contributed by atoms with Crippen LogP contribution < -0.4 is 5.32 Å². The second-order valence-corrected chi connectivity index (χ2v) is 8.67. The molecule has 2 aliphatic rings. The zero-order valence-electron chi connectivity index (χ0n) is 19.2. The molecule has 2 aliphatic heterocycles. The number of morpholine rings is 1. The van der Waals surface area contributed by atoms with Crippen LogP contribution in [0.5, 0.6) is 0 Å². The lowest BCUT2D eigenvalue weighted by Crippen LogP contribution is -2.39. The molecule has 1 unspecified atom stereocenters. The molecule has 2 saturated heterocycles. The van der Waals surface area contributed by atoms with E-state index in [4.69, 9.17) is 9.47 Å². The maximum Gasteiger partial charge on any atom is 0.410 e. The van der Waals surface area contributed by atoms with Crippen LogP contribution in [0.25, 0.3) is 11.1 Å². The molecule has 0 bridgehead atoms. The quantitative estimate of drug-likeness (QED) is 0.546. The highest BCUT2D eigenvalue weighted by atomic mass is 16.6. The van der Waals surface area contributed by atoms with Gasteiger partial charge in [-0.05, 0) is 28.8 Å². The van der Waals surface area contributed by atoms with E-state index in [1.54, 1.807) is 4.90 Å². The minimum Gasteiger partial charge on any atom is -0.439 e. The van der Waals surface area contributed by atoms with Gasteiger partial charge in [-0.3, -0.25) is 9.80 Å². The average molecular weight is 459 g/mol. The predicted molar refractivity (Wildman–Crippen MR) is 131 cm³/mol. The van der Waals surface area contributed by atoms with Crippen molar-refractivity contribution in [3.05, 3.63) is 84.1 Å². The standard InChI is InChI=1S/C27H30N4O3/c32-27-31(20-25(34-27)23-4-2-1-3-5-23)19-21-6-8-22(9-7-21)24-10-11-26(29-18-24)28-12-13-30-14-16-33-17-15-30/h1-11,18,25H,12-17,19-20H2,(H,28,29). The van der Waals surface area contributed by atoms with Crippen LogP contribution in [0.4, 0.5) is 10.6 Å². The molecule has 2 fully saturated rings. The van der Waals surface area contributed by atoms with Crippen LogP contribution >= 0.6 is 0 Å². The summed E-state index contributed by atoms with van der Waals surface area (Å²) in [6.45, 7) is 6.59. The molecule has 0 radical (unpaired) electrons. The molecule has 7 nitrogen and oxygen atoms in total. The number of nitrogens with zero attached hydrogens (tertiary/aromatic N) is 3. The van der Waals surface area contributed by atoms with E-state index in [2.05, 4.69) is 45.5 Å². The number of ether oxygens (including phenoxy) is 2. The van der Waals surface area contributed by atoms with Gasteiger partial charge in [-0.15, -0.1) is 0 Å². The van der Waals surface area contributed by atoms with Gasteiger partial charge in [0.1, 0.15) is 11.9 Å². The molecule has 7 heteroatoms. The fourth-order valence-corrected chi connectivity index (χ4v) is 4.34. The van der Waals surface area contributed by atoms with Gasteiger partial charge < -0.3 is 14.8 Å². The zero-order chi connectivity index (χ0) is 23.2. The lowest BCUT2D eigenvalue weighted by Gasteiger charge is -2.26. The lowest BCUT2D eigenvalue weighted by molar-refractivity contribution is 0.0398. The molecule has 2 aromatic carbocycles. The molecule has 176 valence electrons. The first-order valence-electron chi connectivity index (χ1n) is 11.8. The Bertz CT molecular complexity index is 1070. The summed E-state index contributed by atoms with van der Waals surface area (Å²) in [6, 6.07) is 22.3. The fourth-order valence-electron chi connectivity index (χ4n) is 4.34. The summed E-state index contributed by atoms with van der Waals surface area (Å²) >= 11 is 0. The fraction of sp³-hybridized carbons (Fsp3) is 0.333. The van der Waals surface area contributed by atoms with Crippen LogP contribution in [-0.4, -0.2) is 66.8 Å². The van der Waals surface area contributed by atoms with Crippen molar-refractivity contribution in [1.29, 1.82) is 0 Å². The summed E-state index contributed by atoms with van der Waals surface area (Å²) < 4.78 is 11.0. The Kier molecular flexibility index (Phi) is 7.02. The van der Waals surface area contributed by atoms with Crippen molar-refractivity contribution < 1.29 is 14.3 Å². The van der Waals surface area contributed by atoms with Crippen LogP contribution in [0, 0.1) is 0 Å². The van der Waals surface area contributed by atoms with Crippen molar-refractivity contribution in [1.82, 2.24) is 14.8 Å². The molecule has 3 heterocycles. The molecule has 0 saturated carbocycles. The normalized spacial score (nSPS) is 18.6. The first kappa shape index (κ1) is 22.4. The Labute approximate surface area is 200 Å². The van der Waals surface area contributed by atoms with Gasteiger partial charge in [0.15, 0.2) is 0 Å². The summed E-state index contributed by atoms with van der Waals surface area (Å²) in [7, 11) is 0. The molecule has 0 aliphatic carbocycles. The van der Waals surface area contributed by atoms with Crippen molar-refractivity contribution >= 4 is 11.9 Å². The molecule has 1 aromatic heterocycles. The van der Waals surface area contributed by atoms with Crippen molar-refractivity contribution in [3.63, 3.8) is 0 Å². The van der Waals surface area contributed by atoms with Crippen molar-refractivity contribution in [2.24, 2.45) is 0 Å². The molecule has 5 rings (SSSR count). The first-order valence-corrected chi connectivity index (χ1v) is 11.8. The van der Waals surface area contributed by atoms with Gasteiger partial charge in [-0.1, -0.05) is 54.6 Å². The highest BCUT2D eigenvalue weighted by molar-refractivity contribution is 5.70. The van der Waals surface area contributed by atoms with Crippen LogP contribution in [0.15, 0.2) is 72.9 Å². The molecule has 3 aromatic rings. The summed E-state index contributed by atoms with van der Waals surface area (Å²) in [5.74, 6) is 0.883. The molecular weight excluding hydrogens is 428 g/mol. The number of carbonyl (C=O) groups excluding carboxylic acids is 1. The minimum atomic E-state index is -0.265. The largest absolute Gasteiger partial charge is 0.439 e. The van der Waals surface area contributed by atoms with Gasteiger partial charge in [0.05, 0.1) is 19.8 Å². The molecular formula is C27H30N4O3. The van der Waals surface area contributed by atoms with Gasteiger partial charge in [0, 0.05) is 44.5 Å². The summed E-state index contributed by atoms with van der Waals surface area (Å²) in [5, 5.41) is 3.40. The third kappa shape index (κ3) is 5.55. The van der Waals surface area contributed by atoms with Gasteiger partial charge in [0.2, 0.25) is 0 Å². The maximum atomic E-state index is 12.3. The summed E-state index contributed by atoms with van der Waals surface area (Å²) in [5.41, 5.74) is 4.27.